The molecule has 0 aliphatic heterocycles. The maximum Gasteiger partial charge on any atom is 0.0136 e. The van der Waals surface area contributed by atoms with Gasteiger partial charge in [0.15, 0.2) is 0 Å². The molecule has 0 radical (unpaired) electrons. The van der Waals surface area contributed by atoms with Crippen LogP contribution in [0.4, 0.5) is 0 Å². The van der Waals surface area contributed by atoms with Gasteiger partial charge >= 0.3 is 0 Å². The van der Waals surface area contributed by atoms with Crippen LogP contribution in [0.2, 0.25) is 0 Å². The summed E-state index contributed by atoms with van der Waals surface area (Å²) < 4.78 is 0. The molecule has 0 aromatic heterocycles. The van der Waals surface area contributed by atoms with Gasteiger partial charge in [-0.3, -0.25) is 0 Å². The van der Waals surface area contributed by atoms with Gasteiger partial charge in [0.05, 0.1) is 0 Å². The van der Waals surface area contributed by atoms with Gasteiger partial charge < -0.3 is 5.32 Å². The molecule has 1 N–H and O–H groups in total. The third-order valence-electron chi connectivity index (χ3n) is 4.90. The van der Waals surface area contributed by atoms with Crippen LogP contribution in [0.15, 0.2) is 24.3 Å². The first kappa shape index (κ1) is 15.6. The van der Waals surface area contributed by atoms with Crippen molar-refractivity contribution in [3.05, 3.63) is 35.4 Å². The van der Waals surface area contributed by atoms with E-state index in [9.17, 15) is 0 Å². The summed E-state index contributed by atoms with van der Waals surface area (Å²) in [4.78, 5) is 0. The molecule has 1 aliphatic rings. The number of likely N-dealkylation sites (N-methyl/N-ethyl adjacent to an activating group) is 1. The number of hydrogen-bond acceptors (Lipinski definition) is 1. The molecule has 0 amide bonds. The topological polar surface area (TPSA) is 12.0 Å². The van der Waals surface area contributed by atoms with Crippen molar-refractivity contribution < 1.29 is 0 Å². The Bertz CT molecular complexity index is 381. The average Bonchev–Trinajstić information content (AvgIpc) is 2.47. The normalized spacial score (nSPS) is 24.6. The lowest BCUT2D eigenvalue weighted by atomic mass is 9.77. The molecule has 1 fully saturated rings. The molecule has 112 valence electrons. The van der Waals surface area contributed by atoms with Crippen molar-refractivity contribution in [2.75, 3.05) is 6.54 Å². The van der Waals surface area contributed by atoms with Crippen LogP contribution >= 0.6 is 0 Å². The van der Waals surface area contributed by atoms with E-state index in [0.717, 1.165) is 24.8 Å². The van der Waals surface area contributed by atoms with Crippen molar-refractivity contribution in [3.63, 3.8) is 0 Å². The molecular formula is C19H31N. The summed E-state index contributed by atoms with van der Waals surface area (Å²) >= 11 is 0. The number of aryl methyl sites for hydroxylation is 1. The Balaban J connectivity index is 2.00. The summed E-state index contributed by atoms with van der Waals surface area (Å²) in [5, 5.41) is 3.75. The highest BCUT2D eigenvalue weighted by Crippen LogP contribution is 2.32. The molecule has 0 saturated heterocycles. The van der Waals surface area contributed by atoms with Crippen LogP contribution in [0.1, 0.15) is 57.6 Å². The molecule has 1 aromatic carbocycles. The van der Waals surface area contributed by atoms with Crippen molar-refractivity contribution in [1.82, 2.24) is 5.32 Å². The van der Waals surface area contributed by atoms with Gasteiger partial charge in [-0.25, -0.2) is 0 Å². The molecule has 0 spiro atoms. The van der Waals surface area contributed by atoms with Crippen molar-refractivity contribution in [1.29, 1.82) is 0 Å². The molecule has 1 aliphatic carbocycles. The first-order valence-electron chi connectivity index (χ1n) is 8.54. The highest BCUT2D eigenvalue weighted by Gasteiger charge is 2.26. The number of benzene rings is 1. The van der Waals surface area contributed by atoms with Gasteiger partial charge in [0.25, 0.3) is 0 Å². The van der Waals surface area contributed by atoms with Gasteiger partial charge in [-0.15, -0.1) is 0 Å². The highest BCUT2D eigenvalue weighted by atomic mass is 14.9. The fraction of sp³-hybridized carbons (Fsp3) is 0.684. The minimum atomic E-state index is 0.662. The highest BCUT2D eigenvalue weighted by molar-refractivity contribution is 5.23. The third kappa shape index (κ3) is 4.34. The Morgan fingerprint density at radius 1 is 1.10 bits per heavy atom. The summed E-state index contributed by atoms with van der Waals surface area (Å²) in [6, 6.07) is 9.91. The molecule has 1 saturated carbocycles. The van der Waals surface area contributed by atoms with Crippen molar-refractivity contribution in [2.45, 2.75) is 65.3 Å². The largest absolute Gasteiger partial charge is 0.314 e. The standard InChI is InChI=1S/C19H31N/c1-4-16-9-11-17(12-10-16)14-19(20-5-2)18-8-6-7-15(3)13-18/h9-12,15,18-20H,4-8,13-14H2,1-3H3. The SMILES string of the molecule is CCNC(Cc1ccc(CC)cc1)C1CCCC(C)C1. The van der Waals surface area contributed by atoms with Crippen LogP contribution in [-0.4, -0.2) is 12.6 Å². The maximum absolute atomic E-state index is 3.75. The summed E-state index contributed by atoms with van der Waals surface area (Å²) in [6.45, 7) is 7.97. The van der Waals surface area contributed by atoms with Gasteiger partial charge in [0.1, 0.15) is 0 Å². The molecule has 1 nitrogen and oxygen atoms in total. The molecule has 3 atom stereocenters. The number of hydrogen-bond donors (Lipinski definition) is 1. The predicted octanol–water partition coefficient (Wildman–Crippen LogP) is 4.60. The Labute approximate surface area is 125 Å². The molecule has 20 heavy (non-hydrogen) atoms. The Kier molecular flexibility index (Phi) is 6.09. The molecule has 0 heterocycles. The van der Waals surface area contributed by atoms with E-state index in [1.165, 1.54) is 43.2 Å². The van der Waals surface area contributed by atoms with E-state index in [4.69, 9.17) is 0 Å². The Hall–Kier alpha value is -0.820. The monoisotopic (exact) mass is 273 g/mol. The Morgan fingerprint density at radius 2 is 1.80 bits per heavy atom. The summed E-state index contributed by atoms with van der Waals surface area (Å²) in [6.07, 6.45) is 8.00. The zero-order valence-corrected chi connectivity index (χ0v) is 13.5. The quantitative estimate of drug-likeness (QED) is 0.799. The minimum absolute atomic E-state index is 0.662. The predicted molar refractivity (Wildman–Crippen MR) is 88.1 cm³/mol. The molecule has 1 aromatic rings. The summed E-state index contributed by atoms with van der Waals surface area (Å²) in [7, 11) is 0. The van der Waals surface area contributed by atoms with Gasteiger partial charge in [0, 0.05) is 6.04 Å². The van der Waals surface area contributed by atoms with Crippen LogP contribution in [0.25, 0.3) is 0 Å². The van der Waals surface area contributed by atoms with E-state index in [0.29, 0.717) is 6.04 Å². The van der Waals surface area contributed by atoms with Gasteiger partial charge in [-0.1, -0.05) is 57.9 Å². The molecule has 0 bridgehead atoms. The lowest BCUT2D eigenvalue weighted by molar-refractivity contribution is 0.222. The van der Waals surface area contributed by atoms with Crippen LogP contribution in [0.3, 0.4) is 0 Å². The zero-order chi connectivity index (χ0) is 14.4. The van der Waals surface area contributed by atoms with Crippen molar-refractivity contribution >= 4 is 0 Å². The first-order chi connectivity index (χ1) is 9.72. The van der Waals surface area contributed by atoms with Crippen LogP contribution in [-0.2, 0) is 12.8 Å². The molecular weight excluding hydrogens is 242 g/mol. The first-order valence-corrected chi connectivity index (χ1v) is 8.54. The lowest BCUT2D eigenvalue weighted by Gasteiger charge is -2.34. The van der Waals surface area contributed by atoms with Crippen LogP contribution < -0.4 is 5.32 Å². The maximum atomic E-state index is 3.75. The van der Waals surface area contributed by atoms with E-state index >= 15 is 0 Å². The molecule has 2 rings (SSSR count). The second-order valence-corrected chi connectivity index (χ2v) is 6.57. The average molecular weight is 273 g/mol. The summed E-state index contributed by atoms with van der Waals surface area (Å²) in [5.74, 6) is 1.78. The van der Waals surface area contributed by atoms with Crippen molar-refractivity contribution in [2.24, 2.45) is 11.8 Å². The summed E-state index contributed by atoms with van der Waals surface area (Å²) in [5.41, 5.74) is 2.94. The zero-order valence-electron chi connectivity index (χ0n) is 13.5. The smallest absolute Gasteiger partial charge is 0.0136 e. The fourth-order valence-corrected chi connectivity index (χ4v) is 3.68. The van der Waals surface area contributed by atoms with Crippen LogP contribution in [0, 0.1) is 11.8 Å². The van der Waals surface area contributed by atoms with E-state index in [1.54, 1.807) is 0 Å². The van der Waals surface area contributed by atoms with Gasteiger partial charge in [-0.05, 0) is 55.2 Å². The van der Waals surface area contributed by atoms with E-state index < -0.39 is 0 Å². The van der Waals surface area contributed by atoms with E-state index in [1.807, 2.05) is 0 Å². The number of nitrogens with one attached hydrogen (secondary N) is 1. The van der Waals surface area contributed by atoms with E-state index in [-0.39, 0.29) is 0 Å². The third-order valence-corrected chi connectivity index (χ3v) is 4.90. The second-order valence-electron chi connectivity index (χ2n) is 6.57. The second kappa shape index (κ2) is 7.83. The van der Waals surface area contributed by atoms with Crippen LogP contribution in [0.5, 0.6) is 0 Å². The number of rotatable bonds is 6. The molecule has 3 unspecified atom stereocenters. The minimum Gasteiger partial charge on any atom is -0.314 e. The fourth-order valence-electron chi connectivity index (χ4n) is 3.68. The van der Waals surface area contributed by atoms with Gasteiger partial charge in [0.2, 0.25) is 0 Å². The van der Waals surface area contributed by atoms with Gasteiger partial charge in [-0.2, -0.15) is 0 Å². The molecule has 1 heteroatoms. The Morgan fingerprint density at radius 3 is 2.40 bits per heavy atom. The van der Waals surface area contributed by atoms with E-state index in [2.05, 4.69) is 50.4 Å². The van der Waals surface area contributed by atoms with Crippen molar-refractivity contribution in [3.8, 4) is 0 Å². The lowest BCUT2D eigenvalue weighted by Crippen LogP contribution is -2.40.